The average molecular weight is 259 g/mol. The normalized spacial score (nSPS) is 23.3. The van der Waals surface area contributed by atoms with Crippen molar-refractivity contribution in [3.8, 4) is 0 Å². The van der Waals surface area contributed by atoms with E-state index in [1.807, 2.05) is 6.07 Å². The molecule has 0 bridgehead atoms. The standard InChI is InChI=1S/C14H21N5/c15-13(16)19-14(17)18-12-8-4-7-11(12)9-10-5-2-1-3-6-10/h1-3,5-6,11-12H,4,7-9H2,(H6,15,16,17,18,19). The van der Waals surface area contributed by atoms with Crippen LogP contribution in [-0.4, -0.2) is 18.0 Å². The second-order valence-electron chi connectivity index (χ2n) is 4.97. The Balaban J connectivity index is 2.03. The summed E-state index contributed by atoms with van der Waals surface area (Å²) < 4.78 is 0. The van der Waals surface area contributed by atoms with Gasteiger partial charge in [-0.25, -0.2) is 4.99 Å². The van der Waals surface area contributed by atoms with Crippen LogP contribution in [0.4, 0.5) is 0 Å². The van der Waals surface area contributed by atoms with E-state index in [9.17, 15) is 0 Å². The van der Waals surface area contributed by atoms with E-state index in [1.54, 1.807) is 0 Å². The Bertz CT molecular complexity index is 462. The van der Waals surface area contributed by atoms with Gasteiger partial charge in [0.1, 0.15) is 0 Å². The van der Waals surface area contributed by atoms with Crippen molar-refractivity contribution in [1.29, 1.82) is 0 Å². The number of rotatable bonds is 3. The lowest BCUT2D eigenvalue weighted by atomic mass is 9.95. The summed E-state index contributed by atoms with van der Waals surface area (Å²) in [6.07, 6.45) is 4.45. The monoisotopic (exact) mass is 259 g/mol. The van der Waals surface area contributed by atoms with E-state index in [2.05, 4.69) is 34.3 Å². The third-order valence-corrected chi connectivity index (χ3v) is 3.50. The predicted molar refractivity (Wildman–Crippen MR) is 78.7 cm³/mol. The predicted octanol–water partition coefficient (Wildman–Crippen LogP) is 0.986. The van der Waals surface area contributed by atoms with Gasteiger partial charge < -0.3 is 17.2 Å². The van der Waals surface area contributed by atoms with Crippen molar-refractivity contribution in [3.05, 3.63) is 35.9 Å². The summed E-state index contributed by atoms with van der Waals surface area (Å²) in [5.74, 6) is 0.666. The molecule has 0 radical (unpaired) electrons. The minimum absolute atomic E-state index is 0.0427. The molecule has 1 aliphatic carbocycles. The Labute approximate surface area is 113 Å². The third-order valence-electron chi connectivity index (χ3n) is 3.50. The smallest absolute Gasteiger partial charge is 0.218 e. The molecular weight excluding hydrogens is 238 g/mol. The highest BCUT2D eigenvalue weighted by Gasteiger charge is 2.27. The van der Waals surface area contributed by atoms with Gasteiger partial charge in [-0.15, -0.1) is 0 Å². The van der Waals surface area contributed by atoms with E-state index in [4.69, 9.17) is 17.2 Å². The molecule has 2 unspecified atom stereocenters. The van der Waals surface area contributed by atoms with Crippen LogP contribution in [0.1, 0.15) is 24.8 Å². The minimum Gasteiger partial charge on any atom is -0.370 e. The van der Waals surface area contributed by atoms with Crippen LogP contribution in [-0.2, 0) is 6.42 Å². The first-order valence-electron chi connectivity index (χ1n) is 6.62. The van der Waals surface area contributed by atoms with E-state index in [-0.39, 0.29) is 18.0 Å². The molecule has 1 aromatic carbocycles. The van der Waals surface area contributed by atoms with Crippen molar-refractivity contribution in [2.24, 2.45) is 33.1 Å². The maximum Gasteiger partial charge on any atom is 0.218 e. The molecule has 5 nitrogen and oxygen atoms in total. The van der Waals surface area contributed by atoms with Gasteiger partial charge >= 0.3 is 0 Å². The molecule has 6 N–H and O–H groups in total. The Kier molecular flexibility index (Phi) is 4.39. The van der Waals surface area contributed by atoms with E-state index in [0.717, 1.165) is 12.8 Å². The first-order chi connectivity index (χ1) is 9.15. The zero-order chi connectivity index (χ0) is 13.7. The summed E-state index contributed by atoms with van der Waals surface area (Å²) in [4.78, 5) is 8.22. The van der Waals surface area contributed by atoms with Gasteiger partial charge in [0, 0.05) is 0 Å². The zero-order valence-corrected chi connectivity index (χ0v) is 11.0. The molecule has 2 atom stereocenters. The lowest BCUT2D eigenvalue weighted by molar-refractivity contribution is 0.480. The van der Waals surface area contributed by atoms with E-state index >= 15 is 0 Å². The summed E-state index contributed by atoms with van der Waals surface area (Å²) in [5, 5.41) is 0. The average Bonchev–Trinajstić information content (AvgIpc) is 2.77. The Hall–Kier alpha value is -2.04. The van der Waals surface area contributed by atoms with E-state index in [0.29, 0.717) is 5.92 Å². The first kappa shape index (κ1) is 13.4. The van der Waals surface area contributed by atoms with Crippen LogP contribution in [0.25, 0.3) is 0 Å². The lowest BCUT2D eigenvalue weighted by Crippen LogP contribution is -2.27. The van der Waals surface area contributed by atoms with Crippen molar-refractivity contribution in [2.75, 3.05) is 0 Å². The molecule has 1 fully saturated rings. The second-order valence-corrected chi connectivity index (χ2v) is 4.97. The highest BCUT2D eigenvalue weighted by atomic mass is 15.1. The van der Waals surface area contributed by atoms with Gasteiger partial charge in [-0.05, 0) is 30.7 Å². The fourth-order valence-electron chi connectivity index (χ4n) is 2.67. The molecule has 0 saturated heterocycles. The van der Waals surface area contributed by atoms with Crippen molar-refractivity contribution in [3.63, 3.8) is 0 Å². The number of hydrogen-bond acceptors (Lipinski definition) is 1. The van der Waals surface area contributed by atoms with E-state index < -0.39 is 0 Å². The molecule has 0 heterocycles. The Morgan fingerprint density at radius 3 is 2.53 bits per heavy atom. The van der Waals surface area contributed by atoms with Gasteiger partial charge in [-0.2, -0.15) is 4.99 Å². The largest absolute Gasteiger partial charge is 0.370 e. The van der Waals surface area contributed by atoms with Crippen LogP contribution in [0.3, 0.4) is 0 Å². The SMILES string of the molecule is NC(N)=NC(N)=NC1CCCC1Cc1ccccc1. The van der Waals surface area contributed by atoms with Gasteiger partial charge in [0.05, 0.1) is 6.04 Å². The van der Waals surface area contributed by atoms with Crippen LogP contribution in [0.5, 0.6) is 0 Å². The molecule has 0 aliphatic heterocycles. The third kappa shape index (κ3) is 3.98. The van der Waals surface area contributed by atoms with Gasteiger partial charge in [-0.3, -0.25) is 0 Å². The summed E-state index contributed by atoms with van der Waals surface area (Å²) in [6.45, 7) is 0. The van der Waals surface area contributed by atoms with Crippen LogP contribution in [0, 0.1) is 5.92 Å². The van der Waals surface area contributed by atoms with Gasteiger partial charge in [-0.1, -0.05) is 36.8 Å². The molecule has 102 valence electrons. The number of benzene rings is 1. The zero-order valence-electron chi connectivity index (χ0n) is 11.0. The van der Waals surface area contributed by atoms with Gasteiger partial charge in [0.25, 0.3) is 0 Å². The second kappa shape index (κ2) is 6.22. The van der Waals surface area contributed by atoms with Crippen molar-refractivity contribution >= 4 is 11.9 Å². The molecule has 0 amide bonds. The molecular formula is C14H21N5. The fraction of sp³-hybridized carbons (Fsp3) is 0.429. The van der Waals surface area contributed by atoms with Crippen LogP contribution >= 0.6 is 0 Å². The molecule has 0 aromatic heterocycles. The lowest BCUT2D eigenvalue weighted by Gasteiger charge is -2.16. The quantitative estimate of drug-likeness (QED) is 0.557. The maximum absolute atomic E-state index is 5.71. The first-order valence-corrected chi connectivity index (χ1v) is 6.62. The van der Waals surface area contributed by atoms with Gasteiger partial charge in [0.15, 0.2) is 5.96 Å². The summed E-state index contributed by atoms with van der Waals surface area (Å²) in [6, 6.07) is 10.7. The highest BCUT2D eigenvalue weighted by Crippen LogP contribution is 2.31. The minimum atomic E-state index is -0.0427. The number of hydrogen-bond donors (Lipinski definition) is 3. The Morgan fingerprint density at radius 1 is 1.11 bits per heavy atom. The molecule has 1 saturated carbocycles. The topological polar surface area (TPSA) is 103 Å². The molecule has 5 heteroatoms. The molecule has 19 heavy (non-hydrogen) atoms. The van der Waals surface area contributed by atoms with Crippen molar-refractivity contribution < 1.29 is 0 Å². The maximum atomic E-state index is 5.71. The fourth-order valence-corrected chi connectivity index (χ4v) is 2.67. The van der Waals surface area contributed by atoms with Crippen LogP contribution in [0.15, 0.2) is 40.3 Å². The summed E-state index contributed by atoms with van der Waals surface area (Å²) >= 11 is 0. The summed E-state index contributed by atoms with van der Waals surface area (Å²) in [7, 11) is 0. The molecule has 1 aromatic rings. The molecule has 0 spiro atoms. The molecule has 2 rings (SSSR count). The van der Waals surface area contributed by atoms with Crippen LogP contribution < -0.4 is 17.2 Å². The number of nitrogens with zero attached hydrogens (tertiary/aromatic N) is 2. The van der Waals surface area contributed by atoms with Crippen molar-refractivity contribution in [2.45, 2.75) is 31.7 Å². The van der Waals surface area contributed by atoms with E-state index in [1.165, 1.54) is 18.4 Å². The Morgan fingerprint density at radius 2 is 1.84 bits per heavy atom. The molecule has 1 aliphatic rings. The highest BCUT2D eigenvalue weighted by molar-refractivity contribution is 5.92. The van der Waals surface area contributed by atoms with Crippen LogP contribution in [0.2, 0.25) is 0 Å². The van der Waals surface area contributed by atoms with Crippen molar-refractivity contribution in [1.82, 2.24) is 0 Å². The number of aliphatic imine (C=N–C) groups is 2. The number of nitrogens with two attached hydrogens (primary N) is 3. The summed E-state index contributed by atoms with van der Waals surface area (Å²) in [5.41, 5.74) is 17.6. The number of guanidine groups is 2. The van der Waals surface area contributed by atoms with Gasteiger partial charge in [0.2, 0.25) is 5.96 Å².